The molecule has 2 fully saturated rings. The molecule has 0 spiro atoms. The van der Waals surface area contributed by atoms with Crippen LogP contribution in [-0.4, -0.2) is 81.6 Å². The fraction of sp³-hybridized carbons (Fsp3) is 0.393. The number of fused-ring (bicyclic) bond motifs is 1. The van der Waals surface area contributed by atoms with Crippen molar-refractivity contribution in [3.05, 3.63) is 59.4 Å². The fourth-order valence-electron chi connectivity index (χ4n) is 5.08. The molecule has 1 atom stereocenters. The molecule has 12 heteroatoms. The molecule has 210 valence electrons. The standard InChI is InChI=1S/C28H31ClN6O5/c1-3-23(36)34-11-5-4-6-20(17-34)35-25-21(31-27(35)32-26(37)19-9-10-30-18(2)16-19)7-8-22(24(25)29)40-28(38)33-12-14-39-15-13-33/h3,7-10,16,20H,1,4-6,11-15,17H2,2H3,(H,31,32,37)/t20-/m1/s1. The van der Waals surface area contributed by atoms with Crippen LogP contribution in [0, 0.1) is 6.92 Å². The first kappa shape index (κ1) is 27.6. The van der Waals surface area contributed by atoms with Crippen LogP contribution in [0.4, 0.5) is 10.7 Å². The van der Waals surface area contributed by atoms with Crippen molar-refractivity contribution in [1.29, 1.82) is 0 Å². The van der Waals surface area contributed by atoms with Gasteiger partial charge in [-0.25, -0.2) is 9.78 Å². The summed E-state index contributed by atoms with van der Waals surface area (Å²) >= 11 is 6.90. The maximum atomic E-state index is 13.2. The highest BCUT2D eigenvalue weighted by molar-refractivity contribution is 6.36. The van der Waals surface area contributed by atoms with Gasteiger partial charge in [-0.05, 0) is 56.5 Å². The molecule has 1 N–H and O–H groups in total. The first-order chi connectivity index (χ1) is 19.4. The maximum Gasteiger partial charge on any atom is 0.415 e. The summed E-state index contributed by atoms with van der Waals surface area (Å²) in [5, 5.41) is 3.12. The van der Waals surface area contributed by atoms with Crippen LogP contribution in [0.15, 0.2) is 43.1 Å². The molecule has 4 heterocycles. The molecule has 2 aliphatic rings. The van der Waals surface area contributed by atoms with E-state index in [4.69, 9.17) is 26.1 Å². The van der Waals surface area contributed by atoms with Crippen molar-refractivity contribution < 1.29 is 23.9 Å². The van der Waals surface area contributed by atoms with Crippen molar-refractivity contribution in [3.8, 4) is 5.75 Å². The lowest BCUT2D eigenvalue weighted by atomic mass is 10.1. The maximum absolute atomic E-state index is 13.2. The van der Waals surface area contributed by atoms with Gasteiger partial charge in [0.2, 0.25) is 11.9 Å². The number of morpholine rings is 1. The van der Waals surface area contributed by atoms with Gasteiger partial charge < -0.3 is 23.8 Å². The van der Waals surface area contributed by atoms with Gasteiger partial charge in [-0.15, -0.1) is 0 Å². The number of carbonyl (C=O) groups excluding carboxylic acids is 3. The summed E-state index contributed by atoms with van der Waals surface area (Å²) in [7, 11) is 0. The average Bonchev–Trinajstić information content (AvgIpc) is 3.15. The van der Waals surface area contributed by atoms with E-state index in [2.05, 4.69) is 16.9 Å². The van der Waals surface area contributed by atoms with E-state index in [0.717, 1.165) is 19.3 Å². The van der Waals surface area contributed by atoms with Crippen LogP contribution in [0.1, 0.15) is 41.4 Å². The second-order valence-corrected chi connectivity index (χ2v) is 10.2. The number of rotatable bonds is 5. The molecule has 11 nitrogen and oxygen atoms in total. The molecule has 2 aliphatic heterocycles. The van der Waals surface area contributed by atoms with Gasteiger partial charge in [0.1, 0.15) is 5.02 Å². The quantitative estimate of drug-likeness (QED) is 0.459. The number of aromatic nitrogens is 3. The highest BCUT2D eigenvalue weighted by atomic mass is 35.5. The van der Waals surface area contributed by atoms with Gasteiger partial charge in [0.25, 0.3) is 5.91 Å². The number of amides is 3. The molecular weight excluding hydrogens is 536 g/mol. The minimum absolute atomic E-state index is 0.166. The Labute approximate surface area is 236 Å². The smallest absolute Gasteiger partial charge is 0.409 e. The number of likely N-dealkylation sites (tertiary alicyclic amines) is 1. The van der Waals surface area contributed by atoms with E-state index in [1.54, 1.807) is 40.3 Å². The van der Waals surface area contributed by atoms with E-state index < -0.39 is 6.09 Å². The molecule has 3 aromatic rings. The SMILES string of the molecule is C=CC(=O)N1CCCC[C@@H](n2c(NC(=O)c3ccnc(C)c3)nc3ccc(OC(=O)N4CCOCC4)c(Cl)c32)C1. The van der Waals surface area contributed by atoms with Crippen molar-refractivity contribution >= 4 is 46.5 Å². The second kappa shape index (κ2) is 12.1. The lowest BCUT2D eigenvalue weighted by Gasteiger charge is -2.27. The third-order valence-electron chi connectivity index (χ3n) is 7.10. The van der Waals surface area contributed by atoms with Gasteiger partial charge in [0.05, 0.1) is 30.3 Å². The first-order valence-electron chi connectivity index (χ1n) is 13.3. The zero-order valence-electron chi connectivity index (χ0n) is 22.3. The van der Waals surface area contributed by atoms with Crippen LogP contribution < -0.4 is 10.1 Å². The Hall–Kier alpha value is -3.96. The molecule has 1 aromatic carbocycles. The zero-order chi connectivity index (χ0) is 28.2. The molecule has 5 rings (SSSR count). The van der Waals surface area contributed by atoms with E-state index in [0.29, 0.717) is 61.7 Å². The first-order valence-corrected chi connectivity index (χ1v) is 13.6. The van der Waals surface area contributed by atoms with E-state index in [-0.39, 0.29) is 34.6 Å². The summed E-state index contributed by atoms with van der Waals surface area (Å²) < 4.78 is 12.9. The van der Waals surface area contributed by atoms with E-state index >= 15 is 0 Å². The molecule has 0 saturated carbocycles. The number of hydrogen-bond donors (Lipinski definition) is 1. The van der Waals surface area contributed by atoms with Crippen molar-refractivity contribution in [1.82, 2.24) is 24.3 Å². The minimum Gasteiger partial charge on any atom is -0.409 e. The number of nitrogens with zero attached hydrogens (tertiary/aromatic N) is 5. The van der Waals surface area contributed by atoms with Crippen molar-refractivity contribution in [2.24, 2.45) is 0 Å². The van der Waals surface area contributed by atoms with Gasteiger partial charge >= 0.3 is 6.09 Å². The Morgan fingerprint density at radius 3 is 2.70 bits per heavy atom. The summed E-state index contributed by atoms with van der Waals surface area (Å²) in [6.07, 6.45) is 4.76. The monoisotopic (exact) mass is 566 g/mol. The lowest BCUT2D eigenvalue weighted by Crippen LogP contribution is -2.42. The summed E-state index contributed by atoms with van der Waals surface area (Å²) in [4.78, 5) is 50.8. The predicted molar refractivity (Wildman–Crippen MR) is 150 cm³/mol. The number of halogens is 1. The molecule has 40 heavy (non-hydrogen) atoms. The van der Waals surface area contributed by atoms with Gasteiger partial charge in [0, 0.05) is 43.6 Å². The van der Waals surface area contributed by atoms with Crippen LogP contribution in [-0.2, 0) is 9.53 Å². The van der Waals surface area contributed by atoms with Gasteiger partial charge in [-0.3, -0.25) is 19.9 Å². The summed E-state index contributed by atoms with van der Waals surface area (Å²) in [5.41, 5.74) is 2.16. The predicted octanol–water partition coefficient (Wildman–Crippen LogP) is 4.22. The Morgan fingerprint density at radius 2 is 1.95 bits per heavy atom. The van der Waals surface area contributed by atoms with E-state index in [1.165, 1.54) is 6.08 Å². The number of pyridine rings is 1. The number of carbonyl (C=O) groups is 3. The van der Waals surface area contributed by atoms with Crippen molar-refractivity contribution in [2.75, 3.05) is 44.7 Å². The average molecular weight is 567 g/mol. The number of nitrogens with one attached hydrogen (secondary N) is 1. The third-order valence-corrected chi connectivity index (χ3v) is 7.47. The fourth-order valence-corrected chi connectivity index (χ4v) is 5.37. The van der Waals surface area contributed by atoms with E-state index in [1.807, 2.05) is 11.5 Å². The van der Waals surface area contributed by atoms with E-state index in [9.17, 15) is 14.4 Å². The van der Waals surface area contributed by atoms with Crippen LogP contribution >= 0.6 is 11.6 Å². The number of benzene rings is 1. The zero-order valence-corrected chi connectivity index (χ0v) is 23.0. The van der Waals surface area contributed by atoms with Gasteiger partial charge in [0.15, 0.2) is 5.75 Å². The Kier molecular flexibility index (Phi) is 8.32. The van der Waals surface area contributed by atoms with Crippen LogP contribution in [0.3, 0.4) is 0 Å². The summed E-state index contributed by atoms with van der Waals surface area (Å²) in [6, 6.07) is 6.36. The normalized spacial score (nSPS) is 17.8. The third kappa shape index (κ3) is 5.80. The molecule has 0 aliphatic carbocycles. The van der Waals surface area contributed by atoms with Gasteiger partial charge in [-0.2, -0.15) is 0 Å². The molecule has 0 bridgehead atoms. The lowest BCUT2D eigenvalue weighted by molar-refractivity contribution is -0.126. The highest BCUT2D eigenvalue weighted by Crippen LogP contribution is 2.38. The van der Waals surface area contributed by atoms with Crippen molar-refractivity contribution in [2.45, 2.75) is 32.2 Å². The number of imidazole rings is 1. The molecule has 0 unspecified atom stereocenters. The second-order valence-electron chi connectivity index (χ2n) is 9.80. The molecule has 2 aromatic heterocycles. The topological polar surface area (TPSA) is 119 Å². The van der Waals surface area contributed by atoms with Crippen molar-refractivity contribution in [3.63, 3.8) is 0 Å². The summed E-state index contributed by atoms with van der Waals surface area (Å²) in [5.74, 6) is -0.0572. The summed E-state index contributed by atoms with van der Waals surface area (Å²) in [6.45, 7) is 8.16. The Balaban J connectivity index is 1.56. The number of anilines is 1. The number of hydrogen-bond acceptors (Lipinski definition) is 7. The van der Waals surface area contributed by atoms with Gasteiger partial charge in [-0.1, -0.05) is 18.2 Å². The highest BCUT2D eigenvalue weighted by Gasteiger charge is 2.29. The molecule has 2 saturated heterocycles. The molecule has 0 radical (unpaired) electrons. The van der Waals surface area contributed by atoms with Crippen LogP contribution in [0.25, 0.3) is 11.0 Å². The largest absolute Gasteiger partial charge is 0.415 e. The molecular formula is C28H31ClN6O5. The number of ether oxygens (including phenoxy) is 2. The minimum atomic E-state index is -0.519. The molecule has 3 amide bonds. The van der Waals surface area contributed by atoms with Crippen LogP contribution in [0.2, 0.25) is 5.02 Å². The Bertz CT molecular complexity index is 1450. The number of aryl methyl sites for hydroxylation is 1. The Morgan fingerprint density at radius 1 is 1.15 bits per heavy atom. The van der Waals surface area contributed by atoms with Crippen LogP contribution in [0.5, 0.6) is 5.75 Å².